The quantitative estimate of drug-likeness (QED) is 0.847. The molecule has 110 valence electrons. The molecule has 0 aliphatic heterocycles. The molecule has 4 N–H and O–H groups in total. The average Bonchev–Trinajstić information content (AvgIpc) is 2.78. The maximum atomic E-state index is 12.3. The van der Waals surface area contributed by atoms with Crippen molar-refractivity contribution in [2.45, 2.75) is 6.54 Å². The van der Waals surface area contributed by atoms with Crippen LogP contribution in [0.3, 0.4) is 0 Å². The molecule has 0 saturated heterocycles. The Hall–Kier alpha value is -2.83. The number of nitrogens with two attached hydrogens (primary N) is 2. The molecule has 0 bridgehead atoms. The lowest BCUT2D eigenvalue weighted by Gasteiger charge is -2.17. The Morgan fingerprint density at radius 1 is 1.29 bits per heavy atom. The van der Waals surface area contributed by atoms with Crippen molar-refractivity contribution in [1.82, 2.24) is 14.7 Å². The summed E-state index contributed by atoms with van der Waals surface area (Å²) >= 11 is 0. The van der Waals surface area contributed by atoms with E-state index in [1.165, 1.54) is 15.8 Å². The summed E-state index contributed by atoms with van der Waals surface area (Å²) in [4.78, 5) is 24.9. The highest BCUT2D eigenvalue weighted by molar-refractivity contribution is 5.97. The summed E-state index contributed by atoms with van der Waals surface area (Å²) in [6.07, 6.45) is 1.45. The van der Waals surface area contributed by atoms with Gasteiger partial charge in [-0.2, -0.15) is 5.10 Å². The van der Waals surface area contributed by atoms with Crippen molar-refractivity contribution >= 4 is 17.5 Å². The number of benzene rings is 1. The number of anilines is 1. The molecule has 2 aromatic rings. The summed E-state index contributed by atoms with van der Waals surface area (Å²) in [5.74, 6) is -0.694. The first-order chi connectivity index (χ1) is 9.90. The summed E-state index contributed by atoms with van der Waals surface area (Å²) < 4.78 is 1.45. The summed E-state index contributed by atoms with van der Waals surface area (Å²) in [5, 5.41) is 3.95. The van der Waals surface area contributed by atoms with Crippen LogP contribution in [0.1, 0.15) is 26.4 Å². The molecule has 1 aromatic heterocycles. The van der Waals surface area contributed by atoms with E-state index in [-0.39, 0.29) is 5.91 Å². The number of carbonyl (C=O) groups excluding carboxylic acids is 2. The number of nitrogen functional groups attached to an aromatic ring is 1. The largest absolute Gasteiger partial charge is 0.396 e. The van der Waals surface area contributed by atoms with Gasteiger partial charge in [-0.3, -0.25) is 14.3 Å². The molecule has 2 amide bonds. The number of primary amides is 1. The minimum atomic E-state index is -0.478. The molecule has 0 saturated carbocycles. The van der Waals surface area contributed by atoms with Crippen molar-refractivity contribution < 1.29 is 9.59 Å². The fourth-order valence-corrected chi connectivity index (χ4v) is 2.02. The zero-order valence-corrected chi connectivity index (χ0v) is 11.9. The fraction of sp³-hybridized carbons (Fsp3) is 0.214. The molecule has 2 rings (SSSR count). The number of rotatable bonds is 4. The van der Waals surface area contributed by atoms with E-state index >= 15 is 0 Å². The Morgan fingerprint density at radius 3 is 2.38 bits per heavy atom. The predicted molar refractivity (Wildman–Crippen MR) is 78.4 cm³/mol. The molecular formula is C14H17N5O2. The number of amides is 2. The smallest absolute Gasteiger partial charge is 0.274 e. The van der Waals surface area contributed by atoms with E-state index in [4.69, 9.17) is 11.5 Å². The van der Waals surface area contributed by atoms with Crippen LogP contribution >= 0.6 is 0 Å². The first-order valence-corrected chi connectivity index (χ1v) is 6.32. The van der Waals surface area contributed by atoms with Gasteiger partial charge in [0, 0.05) is 26.2 Å². The van der Waals surface area contributed by atoms with Crippen molar-refractivity contribution in [3.05, 3.63) is 47.3 Å². The molecule has 0 unspecified atom stereocenters. The normalized spacial score (nSPS) is 10.4. The van der Waals surface area contributed by atoms with Gasteiger partial charge in [-0.15, -0.1) is 0 Å². The predicted octanol–water partition coefficient (Wildman–Crippen LogP) is 0.373. The van der Waals surface area contributed by atoms with E-state index in [1.807, 2.05) is 0 Å². The molecule has 1 aromatic carbocycles. The van der Waals surface area contributed by atoms with Crippen LogP contribution in [0.5, 0.6) is 0 Å². The van der Waals surface area contributed by atoms with Gasteiger partial charge >= 0.3 is 0 Å². The van der Waals surface area contributed by atoms with Crippen LogP contribution in [-0.2, 0) is 13.6 Å². The van der Waals surface area contributed by atoms with E-state index in [1.54, 1.807) is 38.4 Å². The van der Waals surface area contributed by atoms with E-state index < -0.39 is 5.91 Å². The first kappa shape index (κ1) is 14.6. The van der Waals surface area contributed by atoms with Crippen LogP contribution in [0.4, 0.5) is 5.69 Å². The Balaban J connectivity index is 2.12. The van der Waals surface area contributed by atoms with Gasteiger partial charge < -0.3 is 16.4 Å². The van der Waals surface area contributed by atoms with Crippen LogP contribution in [0.2, 0.25) is 0 Å². The standard InChI is InChI=1S/C14H17N5O2/c1-18(14(21)12-11(15)7-17-19(12)2)8-9-3-5-10(6-4-9)13(16)20/h3-7H,8,15H2,1-2H3,(H2,16,20). The Labute approximate surface area is 122 Å². The Morgan fingerprint density at radius 2 is 1.90 bits per heavy atom. The molecule has 21 heavy (non-hydrogen) atoms. The second-order valence-electron chi connectivity index (χ2n) is 4.79. The van der Waals surface area contributed by atoms with Crippen LogP contribution in [0.15, 0.2) is 30.5 Å². The minimum Gasteiger partial charge on any atom is -0.396 e. The lowest BCUT2D eigenvalue weighted by atomic mass is 10.1. The summed E-state index contributed by atoms with van der Waals surface area (Å²) in [7, 11) is 3.34. The number of aromatic nitrogens is 2. The lowest BCUT2D eigenvalue weighted by Crippen LogP contribution is -2.28. The van der Waals surface area contributed by atoms with Gasteiger partial charge in [-0.05, 0) is 17.7 Å². The van der Waals surface area contributed by atoms with Gasteiger partial charge in [-0.25, -0.2) is 0 Å². The zero-order valence-electron chi connectivity index (χ0n) is 11.9. The van der Waals surface area contributed by atoms with Crippen LogP contribution in [0.25, 0.3) is 0 Å². The highest BCUT2D eigenvalue weighted by Gasteiger charge is 2.19. The van der Waals surface area contributed by atoms with E-state index in [0.717, 1.165) is 5.56 Å². The highest BCUT2D eigenvalue weighted by Crippen LogP contribution is 2.14. The van der Waals surface area contributed by atoms with Gasteiger partial charge in [0.2, 0.25) is 5.91 Å². The third-order valence-electron chi connectivity index (χ3n) is 3.17. The number of hydrogen-bond donors (Lipinski definition) is 2. The first-order valence-electron chi connectivity index (χ1n) is 6.32. The topological polar surface area (TPSA) is 107 Å². The number of hydrogen-bond acceptors (Lipinski definition) is 4. The van der Waals surface area contributed by atoms with Crippen molar-refractivity contribution in [1.29, 1.82) is 0 Å². The van der Waals surface area contributed by atoms with Gasteiger partial charge in [0.15, 0.2) is 0 Å². The summed E-state index contributed by atoms with van der Waals surface area (Å²) in [6, 6.07) is 6.79. The monoisotopic (exact) mass is 287 g/mol. The molecule has 1 heterocycles. The molecular weight excluding hydrogens is 270 g/mol. The third-order valence-corrected chi connectivity index (χ3v) is 3.17. The van der Waals surface area contributed by atoms with Gasteiger partial charge in [0.1, 0.15) is 5.69 Å². The van der Waals surface area contributed by atoms with E-state index in [9.17, 15) is 9.59 Å². The molecule has 0 spiro atoms. The molecule has 7 heteroatoms. The average molecular weight is 287 g/mol. The Kier molecular flexibility index (Phi) is 3.93. The van der Waals surface area contributed by atoms with Crippen LogP contribution in [-0.4, -0.2) is 33.5 Å². The van der Waals surface area contributed by atoms with Crippen molar-refractivity contribution in [2.75, 3.05) is 12.8 Å². The Bertz CT molecular complexity index is 656. The molecule has 0 fully saturated rings. The number of nitrogens with zero attached hydrogens (tertiary/aromatic N) is 3. The summed E-state index contributed by atoms with van der Waals surface area (Å²) in [6.45, 7) is 0.391. The van der Waals surface area contributed by atoms with Crippen molar-refractivity contribution in [2.24, 2.45) is 12.8 Å². The molecule has 0 radical (unpaired) electrons. The van der Waals surface area contributed by atoms with Crippen molar-refractivity contribution in [3.8, 4) is 0 Å². The minimum absolute atomic E-state index is 0.216. The number of aryl methyl sites for hydroxylation is 1. The van der Waals surface area contributed by atoms with Gasteiger partial charge in [0.25, 0.3) is 5.91 Å². The second kappa shape index (κ2) is 5.66. The maximum Gasteiger partial charge on any atom is 0.274 e. The third kappa shape index (κ3) is 3.02. The fourth-order valence-electron chi connectivity index (χ4n) is 2.02. The van der Waals surface area contributed by atoms with Crippen LogP contribution in [0, 0.1) is 0 Å². The lowest BCUT2D eigenvalue weighted by molar-refractivity contribution is 0.0775. The molecule has 0 aliphatic rings. The van der Waals surface area contributed by atoms with Gasteiger partial charge in [0.05, 0.1) is 11.9 Å². The van der Waals surface area contributed by atoms with E-state index in [0.29, 0.717) is 23.5 Å². The van der Waals surface area contributed by atoms with Crippen molar-refractivity contribution in [3.63, 3.8) is 0 Å². The maximum absolute atomic E-state index is 12.3. The second-order valence-corrected chi connectivity index (χ2v) is 4.79. The number of carbonyl (C=O) groups is 2. The SMILES string of the molecule is CN(Cc1ccc(C(N)=O)cc1)C(=O)c1c(N)cnn1C. The van der Waals surface area contributed by atoms with Gasteiger partial charge in [-0.1, -0.05) is 12.1 Å². The highest BCUT2D eigenvalue weighted by atomic mass is 16.2. The summed E-state index contributed by atoms with van der Waals surface area (Å²) in [5.41, 5.74) is 12.9. The molecule has 0 aliphatic carbocycles. The zero-order chi connectivity index (χ0) is 15.6. The van der Waals surface area contributed by atoms with E-state index in [2.05, 4.69) is 5.10 Å². The molecule has 0 atom stereocenters. The molecule has 7 nitrogen and oxygen atoms in total. The van der Waals surface area contributed by atoms with Crippen LogP contribution < -0.4 is 11.5 Å².